The molecule has 0 aliphatic carbocycles. The first-order valence-electron chi connectivity index (χ1n) is 10.2. The van der Waals surface area contributed by atoms with Crippen molar-refractivity contribution in [3.05, 3.63) is 42.1 Å². The molecule has 5 heteroatoms. The van der Waals surface area contributed by atoms with Crippen molar-refractivity contribution < 1.29 is 13.9 Å². The Labute approximate surface area is 166 Å². The molecule has 0 aliphatic rings. The maximum absolute atomic E-state index is 12.4. The zero-order valence-corrected chi connectivity index (χ0v) is 16.7. The Kier molecular flexibility index (Phi) is 7.18. The Morgan fingerprint density at radius 3 is 2.61 bits per heavy atom. The van der Waals surface area contributed by atoms with Crippen LogP contribution >= 0.6 is 0 Å². The van der Waals surface area contributed by atoms with Crippen LogP contribution in [0.4, 0.5) is 0 Å². The second-order valence-corrected chi connectivity index (χ2v) is 7.14. The fraction of sp³-hybridized carbons (Fsp3) is 0.435. The van der Waals surface area contributed by atoms with E-state index >= 15 is 0 Å². The van der Waals surface area contributed by atoms with Crippen LogP contribution < -0.4 is 4.74 Å². The number of unbranched alkanes of at least 4 members (excludes halogenated alkanes) is 6. The van der Waals surface area contributed by atoms with E-state index in [2.05, 4.69) is 16.9 Å². The molecule has 0 bridgehead atoms. The average molecular weight is 380 g/mol. The molecule has 2 aromatic heterocycles. The third-order valence-corrected chi connectivity index (χ3v) is 4.81. The standard InChI is InChI=1S/C23H28N2O3/c1-3-4-5-6-7-8-9-15-20(26)27-21-17(2)12-10-13-18(21)22-25-19-14-11-16-24-23(19)28-22/h10-14,16H,3-9,15H2,1-2H3. The third kappa shape index (κ3) is 5.18. The van der Waals surface area contributed by atoms with Crippen molar-refractivity contribution in [2.45, 2.75) is 65.2 Å². The van der Waals surface area contributed by atoms with Gasteiger partial charge in [-0.15, -0.1) is 0 Å². The summed E-state index contributed by atoms with van der Waals surface area (Å²) < 4.78 is 11.5. The Hall–Kier alpha value is -2.69. The highest BCUT2D eigenvalue weighted by molar-refractivity contribution is 5.79. The first kappa shape index (κ1) is 20.1. The minimum absolute atomic E-state index is 0.210. The zero-order chi connectivity index (χ0) is 19.8. The number of fused-ring (bicyclic) bond motifs is 1. The molecule has 0 N–H and O–H groups in total. The molecule has 0 fully saturated rings. The van der Waals surface area contributed by atoms with Gasteiger partial charge in [-0.05, 0) is 37.1 Å². The number of para-hydroxylation sites is 1. The van der Waals surface area contributed by atoms with Crippen molar-refractivity contribution in [2.24, 2.45) is 0 Å². The summed E-state index contributed by atoms with van der Waals surface area (Å²) in [5, 5.41) is 0. The van der Waals surface area contributed by atoms with E-state index in [1.165, 1.54) is 32.1 Å². The molecule has 5 nitrogen and oxygen atoms in total. The van der Waals surface area contributed by atoms with Crippen LogP contribution in [0.25, 0.3) is 22.7 Å². The summed E-state index contributed by atoms with van der Waals surface area (Å²) in [6.45, 7) is 4.13. The number of aryl methyl sites for hydroxylation is 1. The number of carbonyl (C=O) groups is 1. The van der Waals surface area contributed by atoms with Gasteiger partial charge in [0.25, 0.3) is 0 Å². The quantitative estimate of drug-likeness (QED) is 0.236. The molecule has 148 valence electrons. The van der Waals surface area contributed by atoms with E-state index in [1.807, 2.05) is 37.3 Å². The van der Waals surface area contributed by atoms with Crippen LogP contribution in [0.3, 0.4) is 0 Å². The molecule has 3 rings (SSSR count). The van der Waals surface area contributed by atoms with E-state index in [1.54, 1.807) is 6.20 Å². The SMILES string of the molecule is CCCCCCCCCC(=O)Oc1c(C)cccc1-c1nc2cccnc2o1. The number of hydrogen-bond donors (Lipinski definition) is 0. The number of nitrogens with zero attached hydrogens (tertiary/aromatic N) is 2. The highest BCUT2D eigenvalue weighted by atomic mass is 16.5. The number of rotatable bonds is 10. The number of aromatic nitrogens is 2. The minimum Gasteiger partial charge on any atom is -0.425 e. The summed E-state index contributed by atoms with van der Waals surface area (Å²) in [6.07, 6.45) is 10.3. The first-order valence-corrected chi connectivity index (χ1v) is 10.2. The molecule has 0 saturated heterocycles. The van der Waals surface area contributed by atoms with Crippen molar-refractivity contribution in [1.82, 2.24) is 9.97 Å². The molecule has 28 heavy (non-hydrogen) atoms. The van der Waals surface area contributed by atoms with Gasteiger partial charge in [0.05, 0.1) is 5.56 Å². The first-order chi connectivity index (χ1) is 13.7. The summed E-state index contributed by atoms with van der Waals surface area (Å²) in [7, 11) is 0. The predicted molar refractivity (Wildman–Crippen MR) is 110 cm³/mol. The van der Waals surface area contributed by atoms with Crippen molar-refractivity contribution >= 4 is 17.2 Å². The second kappa shape index (κ2) is 10.0. The molecule has 0 radical (unpaired) electrons. The lowest BCUT2D eigenvalue weighted by atomic mass is 10.1. The lowest BCUT2D eigenvalue weighted by molar-refractivity contribution is -0.134. The molecular weight excluding hydrogens is 352 g/mol. The number of oxazole rings is 1. The van der Waals surface area contributed by atoms with E-state index in [9.17, 15) is 4.79 Å². The Morgan fingerprint density at radius 2 is 1.82 bits per heavy atom. The predicted octanol–water partition coefficient (Wildman–Crippen LogP) is 6.24. The topological polar surface area (TPSA) is 65.2 Å². The maximum atomic E-state index is 12.4. The fourth-order valence-electron chi connectivity index (χ4n) is 3.23. The van der Waals surface area contributed by atoms with Crippen molar-refractivity contribution in [3.63, 3.8) is 0 Å². The highest BCUT2D eigenvalue weighted by Gasteiger charge is 2.18. The summed E-state index contributed by atoms with van der Waals surface area (Å²) in [4.78, 5) is 21.0. The Morgan fingerprint density at radius 1 is 1.04 bits per heavy atom. The highest BCUT2D eigenvalue weighted by Crippen LogP contribution is 2.34. The molecule has 3 aromatic rings. The van der Waals surface area contributed by atoms with Gasteiger partial charge in [0.1, 0.15) is 11.3 Å². The van der Waals surface area contributed by atoms with Crippen LogP contribution in [0.5, 0.6) is 5.75 Å². The zero-order valence-electron chi connectivity index (χ0n) is 16.7. The van der Waals surface area contributed by atoms with Crippen LogP contribution in [0.2, 0.25) is 0 Å². The number of hydrogen-bond acceptors (Lipinski definition) is 5. The average Bonchev–Trinajstić information content (AvgIpc) is 3.13. The third-order valence-electron chi connectivity index (χ3n) is 4.81. The van der Waals surface area contributed by atoms with Crippen molar-refractivity contribution in [2.75, 3.05) is 0 Å². The van der Waals surface area contributed by atoms with Crippen molar-refractivity contribution in [1.29, 1.82) is 0 Å². The van der Waals surface area contributed by atoms with E-state index in [0.29, 0.717) is 34.9 Å². The Balaban J connectivity index is 1.63. The number of esters is 1. The van der Waals surface area contributed by atoms with Gasteiger partial charge in [-0.25, -0.2) is 9.97 Å². The van der Waals surface area contributed by atoms with Crippen molar-refractivity contribution in [3.8, 4) is 17.2 Å². The second-order valence-electron chi connectivity index (χ2n) is 7.14. The minimum atomic E-state index is -0.210. The molecule has 0 aliphatic heterocycles. The van der Waals surface area contributed by atoms with Gasteiger partial charge >= 0.3 is 5.97 Å². The van der Waals surface area contributed by atoms with Gasteiger partial charge in [-0.2, -0.15) is 0 Å². The lowest BCUT2D eigenvalue weighted by Crippen LogP contribution is -2.09. The van der Waals surface area contributed by atoms with E-state index in [0.717, 1.165) is 18.4 Å². The molecule has 0 unspecified atom stereocenters. The molecule has 2 heterocycles. The van der Waals surface area contributed by atoms with Gasteiger partial charge in [-0.3, -0.25) is 4.79 Å². The van der Waals surface area contributed by atoms with Gasteiger partial charge in [0, 0.05) is 12.6 Å². The molecule has 0 atom stereocenters. The number of ether oxygens (including phenoxy) is 1. The van der Waals surface area contributed by atoms with E-state index < -0.39 is 0 Å². The van der Waals surface area contributed by atoms with Crippen LogP contribution in [0.1, 0.15) is 63.9 Å². The molecule has 1 aromatic carbocycles. The fourth-order valence-corrected chi connectivity index (χ4v) is 3.23. The smallest absolute Gasteiger partial charge is 0.311 e. The summed E-state index contributed by atoms with van der Waals surface area (Å²) in [6, 6.07) is 9.33. The normalized spacial score (nSPS) is 11.1. The van der Waals surface area contributed by atoms with Gasteiger partial charge in [-0.1, -0.05) is 57.6 Å². The van der Waals surface area contributed by atoms with Crippen LogP contribution in [-0.2, 0) is 4.79 Å². The van der Waals surface area contributed by atoms with E-state index in [-0.39, 0.29) is 5.97 Å². The van der Waals surface area contributed by atoms with Crippen LogP contribution in [0, 0.1) is 6.92 Å². The Bertz CT molecular complexity index is 884. The van der Waals surface area contributed by atoms with Crippen LogP contribution in [-0.4, -0.2) is 15.9 Å². The lowest BCUT2D eigenvalue weighted by Gasteiger charge is -2.11. The molecule has 0 amide bonds. The number of carbonyl (C=O) groups excluding carboxylic acids is 1. The van der Waals surface area contributed by atoms with Gasteiger partial charge in [0.2, 0.25) is 11.6 Å². The molecule has 0 saturated carbocycles. The summed E-state index contributed by atoms with van der Waals surface area (Å²) >= 11 is 0. The van der Waals surface area contributed by atoms with Gasteiger partial charge in [0.15, 0.2) is 0 Å². The largest absolute Gasteiger partial charge is 0.425 e. The summed E-state index contributed by atoms with van der Waals surface area (Å²) in [5.74, 6) is 0.719. The van der Waals surface area contributed by atoms with Gasteiger partial charge < -0.3 is 9.15 Å². The van der Waals surface area contributed by atoms with E-state index in [4.69, 9.17) is 9.15 Å². The number of benzene rings is 1. The summed E-state index contributed by atoms with van der Waals surface area (Å²) in [5.41, 5.74) is 2.70. The molecular formula is C23H28N2O3. The number of pyridine rings is 1. The monoisotopic (exact) mass is 380 g/mol. The maximum Gasteiger partial charge on any atom is 0.311 e. The molecule has 0 spiro atoms. The van der Waals surface area contributed by atoms with Crippen LogP contribution in [0.15, 0.2) is 40.9 Å².